The highest BCUT2D eigenvalue weighted by Gasteiger charge is 2.30. The van der Waals surface area contributed by atoms with Crippen LogP contribution in [0.1, 0.15) is 24.6 Å². The van der Waals surface area contributed by atoms with Gasteiger partial charge in [0.15, 0.2) is 5.13 Å². The summed E-state index contributed by atoms with van der Waals surface area (Å²) in [7, 11) is -1.72. The minimum atomic E-state index is -3.31. The van der Waals surface area contributed by atoms with E-state index in [-0.39, 0.29) is 19.0 Å². The van der Waals surface area contributed by atoms with Crippen LogP contribution in [0.4, 0.5) is 5.13 Å². The Morgan fingerprint density at radius 3 is 2.83 bits per heavy atom. The van der Waals surface area contributed by atoms with Crippen molar-refractivity contribution in [1.29, 1.82) is 0 Å². The second kappa shape index (κ2) is 7.93. The van der Waals surface area contributed by atoms with Crippen molar-refractivity contribution >= 4 is 42.6 Å². The normalized spacial score (nSPS) is 18.0. The van der Waals surface area contributed by atoms with Crippen LogP contribution >= 0.6 is 11.3 Å². The molecule has 1 aliphatic rings. The third kappa shape index (κ3) is 4.16. The fourth-order valence-electron chi connectivity index (χ4n) is 3.64. The van der Waals surface area contributed by atoms with E-state index in [1.54, 1.807) is 7.05 Å². The number of piperidine rings is 1. The van der Waals surface area contributed by atoms with Gasteiger partial charge in [-0.3, -0.25) is 9.36 Å². The third-order valence-corrected chi connectivity index (χ3v) is 7.35. The Kier molecular flexibility index (Phi) is 5.47. The molecule has 1 N–H and O–H groups in total. The van der Waals surface area contributed by atoms with Gasteiger partial charge < -0.3 is 5.32 Å². The highest BCUT2D eigenvalue weighted by atomic mass is 32.2. The molecule has 1 fully saturated rings. The number of fused-ring (bicyclic) bond motifs is 1. The number of carbonyl (C=O) groups excluding carboxylic acids is 1. The zero-order chi connectivity index (χ0) is 21.5. The van der Waals surface area contributed by atoms with Crippen LogP contribution in [0.5, 0.6) is 0 Å². The molecule has 160 valence electrons. The van der Waals surface area contributed by atoms with Crippen LogP contribution in [-0.4, -0.2) is 57.3 Å². The van der Waals surface area contributed by atoms with Gasteiger partial charge in [-0.2, -0.15) is 5.10 Å². The summed E-state index contributed by atoms with van der Waals surface area (Å²) in [6, 6.07) is 7.55. The molecule has 1 aliphatic heterocycles. The average Bonchev–Trinajstić information content (AvgIpc) is 3.22. The number of amides is 1. The molecule has 1 unspecified atom stereocenters. The summed E-state index contributed by atoms with van der Waals surface area (Å²) >= 11 is 1.36. The van der Waals surface area contributed by atoms with E-state index in [0.29, 0.717) is 23.9 Å². The van der Waals surface area contributed by atoms with Gasteiger partial charge in [-0.25, -0.2) is 27.2 Å². The van der Waals surface area contributed by atoms with E-state index >= 15 is 0 Å². The summed E-state index contributed by atoms with van der Waals surface area (Å²) in [4.78, 5) is 29.4. The van der Waals surface area contributed by atoms with Gasteiger partial charge in [0.2, 0.25) is 15.9 Å². The van der Waals surface area contributed by atoms with Crippen LogP contribution in [-0.2, 0) is 28.4 Å². The molecule has 0 radical (unpaired) electrons. The number of hydrogen-bond acceptors (Lipinski definition) is 7. The number of benzene rings is 1. The number of nitrogens with one attached hydrogen (secondary N) is 1. The van der Waals surface area contributed by atoms with Crippen LogP contribution in [0.2, 0.25) is 0 Å². The van der Waals surface area contributed by atoms with E-state index in [1.165, 1.54) is 26.5 Å². The number of rotatable bonds is 5. The van der Waals surface area contributed by atoms with Gasteiger partial charge >= 0.3 is 5.69 Å². The van der Waals surface area contributed by atoms with Gasteiger partial charge in [0, 0.05) is 26.1 Å². The number of sulfonamides is 1. The number of aromatic nitrogens is 4. The highest BCUT2D eigenvalue weighted by molar-refractivity contribution is 7.88. The van der Waals surface area contributed by atoms with Crippen molar-refractivity contribution in [2.45, 2.75) is 25.3 Å². The van der Waals surface area contributed by atoms with Crippen molar-refractivity contribution in [3.05, 3.63) is 40.6 Å². The molecule has 1 atom stereocenters. The molecule has 30 heavy (non-hydrogen) atoms. The standard InChI is InChI=1S/C18H22N6O4S2/c1-22-16(12-6-5-9-23(10-12)30(2,27)28)21-24(18(22)26)11-15(25)20-17-19-13-7-3-4-8-14(13)29-17/h3-4,7-8,12H,5-6,9-11H2,1-2H3,(H,19,20,25). The minimum absolute atomic E-state index is 0.195. The molecule has 3 heterocycles. The lowest BCUT2D eigenvalue weighted by Gasteiger charge is -2.30. The van der Waals surface area contributed by atoms with Gasteiger partial charge in [0.05, 0.1) is 16.5 Å². The average molecular weight is 451 g/mol. The van der Waals surface area contributed by atoms with Crippen LogP contribution < -0.4 is 11.0 Å². The highest BCUT2D eigenvalue weighted by Crippen LogP contribution is 2.27. The Hall–Kier alpha value is -2.57. The van der Waals surface area contributed by atoms with E-state index in [2.05, 4.69) is 15.4 Å². The summed E-state index contributed by atoms with van der Waals surface area (Å²) < 4.78 is 28.6. The Morgan fingerprint density at radius 2 is 2.10 bits per heavy atom. The topological polar surface area (TPSA) is 119 Å². The molecule has 0 aliphatic carbocycles. The molecule has 1 saturated heterocycles. The monoisotopic (exact) mass is 450 g/mol. The summed E-state index contributed by atoms with van der Waals surface area (Å²) in [6.07, 6.45) is 2.60. The predicted octanol–water partition coefficient (Wildman–Crippen LogP) is 0.969. The zero-order valence-electron chi connectivity index (χ0n) is 16.6. The molecule has 4 rings (SSSR count). The molecule has 2 aromatic heterocycles. The molecule has 1 amide bonds. The summed E-state index contributed by atoms with van der Waals surface area (Å²) in [5.41, 5.74) is 0.378. The largest absolute Gasteiger partial charge is 0.346 e. The molecular formula is C18H22N6O4S2. The third-order valence-electron chi connectivity index (χ3n) is 5.13. The maximum absolute atomic E-state index is 12.6. The van der Waals surface area contributed by atoms with Crippen LogP contribution in [0, 0.1) is 0 Å². The Balaban J connectivity index is 1.50. The first kappa shape index (κ1) is 20.7. The number of thiazole rings is 1. The van der Waals surface area contributed by atoms with Crippen LogP contribution in [0.3, 0.4) is 0 Å². The van der Waals surface area contributed by atoms with Crippen molar-refractivity contribution in [2.75, 3.05) is 24.7 Å². The van der Waals surface area contributed by atoms with Crippen molar-refractivity contribution < 1.29 is 13.2 Å². The molecule has 12 heteroatoms. The number of nitrogens with zero attached hydrogens (tertiary/aromatic N) is 5. The number of para-hydroxylation sites is 1. The summed E-state index contributed by atoms with van der Waals surface area (Å²) in [5.74, 6) is -0.108. The second-order valence-electron chi connectivity index (χ2n) is 7.35. The molecule has 1 aromatic carbocycles. The summed E-state index contributed by atoms with van der Waals surface area (Å²) in [5, 5.41) is 7.52. The van der Waals surface area contributed by atoms with E-state index < -0.39 is 21.6 Å². The van der Waals surface area contributed by atoms with Crippen molar-refractivity contribution in [2.24, 2.45) is 7.05 Å². The second-order valence-corrected chi connectivity index (χ2v) is 10.4. The van der Waals surface area contributed by atoms with Crippen LogP contribution in [0.15, 0.2) is 29.1 Å². The zero-order valence-corrected chi connectivity index (χ0v) is 18.2. The number of anilines is 1. The lowest BCUT2D eigenvalue weighted by molar-refractivity contribution is -0.117. The fourth-order valence-corrected chi connectivity index (χ4v) is 5.43. The fraction of sp³-hybridized carbons (Fsp3) is 0.444. The maximum Gasteiger partial charge on any atom is 0.346 e. The van der Waals surface area contributed by atoms with Crippen molar-refractivity contribution in [1.82, 2.24) is 23.6 Å². The first-order chi connectivity index (χ1) is 14.2. The first-order valence-corrected chi connectivity index (χ1v) is 12.1. The van der Waals surface area contributed by atoms with Gasteiger partial charge in [-0.1, -0.05) is 23.5 Å². The molecule has 3 aromatic rings. The Morgan fingerprint density at radius 1 is 1.33 bits per heavy atom. The number of carbonyl (C=O) groups is 1. The Labute approximate surface area is 177 Å². The SMILES string of the molecule is Cn1c(C2CCCN(S(C)(=O)=O)C2)nn(CC(=O)Nc2nc3ccccc3s2)c1=O. The lowest BCUT2D eigenvalue weighted by atomic mass is 9.99. The van der Waals surface area contributed by atoms with Gasteiger partial charge in [-0.05, 0) is 25.0 Å². The molecule has 0 saturated carbocycles. The molecule has 0 bridgehead atoms. The molecule has 10 nitrogen and oxygen atoms in total. The molecule has 0 spiro atoms. The first-order valence-electron chi connectivity index (χ1n) is 9.46. The van der Waals surface area contributed by atoms with E-state index in [9.17, 15) is 18.0 Å². The summed E-state index contributed by atoms with van der Waals surface area (Å²) in [6.45, 7) is 0.501. The predicted molar refractivity (Wildman–Crippen MR) is 114 cm³/mol. The van der Waals surface area contributed by atoms with E-state index in [4.69, 9.17) is 0 Å². The minimum Gasteiger partial charge on any atom is -0.300 e. The van der Waals surface area contributed by atoms with Gasteiger partial charge in [0.25, 0.3) is 0 Å². The van der Waals surface area contributed by atoms with Crippen molar-refractivity contribution in [3.63, 3.8) is 0 Å². The van der Waals surface area contributed by atoms with E-state index in [0.717, 1.165) is 21.3 Å². The molecular weight excluding hydrogens is 428 g/mol. The maximum atomic E-state index is 12.6. The van der Waals surface area contributed by atoms with Crippen molar-refractivity contribution in [3.8, 4) is 0 Å². The lowest BCUT2D eigenvalue weighted by Crippen LogP contribution is -2.39. The van der Waals surface area contributed by atoms with Crippen LogP contribution in [0.25, 0.3) is 10.2 Å². The quantitative estimate of drug-likeness (QED) is 0.619. The smallest absolute Gasteiger partial charge is 0.300 e. The van der Waals surface area contributed by atoms with E-state index in [1.807, 2.05) is 24.3 Å². The van der Waals surface area contributed by atoms with Gasteiger partial charge in [0.1, 0.15) is 12.4 Å². The Bertz CT molecular complexity index is 1230. The van der Waals surface area contributed by atoms with Gasteiger partial charge in [-0.15, -0.1) is 0 Å². The number of hydrogen-bond donors (Lipinski definition) is 1.